The van der Waals surface area contributed by atoms with Gasteiger partial charge < -0.3 is 11.1 Å². The molecule has 1 aromatic carbocycles. The first kappa shape index (κ1) is 16.8. The Morgan fingerprint density at radius 3 is 2.90 bits per heavy atom. The lowest BCUT2D eigenvalue weighted by atomic mass is 9.80. The van der Waals surface area contributed by atoms with Crippen molar-refractivity contribution in [3.63, 3.8) is 0 Å². The molecule has 1 aliphatic carbocycles. The Morgan fingerprint density at radius 1 is 1.52 bits per heavy atom. The van der Waals surface area contributed by atoms with Crippen LogP contribution >= 0.6 is 27.7 Å². The number of thioether (sulfide) groups is 1. The van der Waals surface area contributed by atoms with Gasteiger partial charge in [0.25, 0.3) is 0 Å². The normalized spacial score (nSPS) is 26.0. The van der Waals surface area contributed by atoms with Gasteiger partial charge in [0.05, 0.1) is 5.54 Å². The van der Waals surface area contributed by atoms with Crippen molar-refractivity contribution < 1.29 is 4.79 Å². The molecule has 21 heavy (non-hydrogen) atoms. The predicted molar refractivity (Wildman–Crippen MR) is 92.5 cm³/mol. The average molecular weight is 371 g/mol. The maximum Gasteiger partial charge on any atom is 0.237 e. The zero-order valence-electron chi connectivity index (χ0n) is 12.6. The second-order valence-electron chi connectivity index (χ2n) is 6.04. The second-order valence-corrected chi connectivity index (χ2v) is 8.33. The Bertz CT molecular complexity index is 509. The van der Waals surface area contributed by atoms with Crippen molar-refractivity contribution in [2.45, 2.75) is 61.3 Å². The molecule has 116 valence electrons. The SMILES string of the molecule is CC(C)NC1(C(N)=O)CCCC(Sc2cccc(Br)c2)C1. The zero-order chi connectivity index (χ0) is 15.5. The van der Waals surface area contributed by atoms with E-state index in [1.54, 1.807) is 0 Å². The molecule has 2 atom stereocenters. The molecule has 2 unspecified atom stereocenters. The number of benzene rings is 1. The summed E-state index contributed by atoms with van der Waals surface area (Å²) in [4.78, 5) is 13.2. The van der Waals surface area contributed by atoms with E-state index >= 15 is 0 Å². The smallest absolute Gasteiger partial charge is 0.237 e. The highest BCUT2D eigenvalue weighted by Crippen LogP contribution is 2.39. The van der Waals surface area contributed by atoms with Gasteiger partial charge in [-0.2, -0.15) is 0 Å². The molecule has 1 fully saturated rings. The van der Waals surface area contributed by atoms with Gasteiger partial charge in [-0.1, -0.05) is 22.0 Å². The number of halogens is 1. The van der Waals surface area contributed by atoms with E-state index in [4.69, 9.17) is 5.73 Å². The van der Waals surface area contributed by atoms with Crippen LogP contribution in [0, 0.1) is 0 Å². The van der Waals surface area contributed by atoms with Crippen LogP contribution in [0.5, 0.6) is 0 Å². The Balaban J connectivity index is 2.10. The minimum absolute atomic E-state index is 0.212. The van der Waals surface area contributed by atoms with Gasteiger partial charge in [-0.3, -0.25) is 4.79 Å². The van der Waals surface area contributed by atoms with Crippen molar-refractivity contribution in [3.05, 3.63) is 28.7 Å². The molecule has 5 heteroatoms. The molecule has 0 aliphatic heterocycles. The van der Waals surface area contributed by atoms with Crippen LogP contribution in [0.25, 0.3) is 0 Å². The van der Waals surface area contributed by atoms with Gasteiger partial charge >= 0.3 is 0 Å². The number of hydrogen-bond acceptors (Lipinski definition) is 3. The van der Waals surface area contributed by atoms with E-state index in [2.05, 4.69) is 47.2 Å². The topological polar surface area (TPSA) is 55.1 Å². The van der Waals surface area contributed by atoms with Crippen molar-refractivity contribution in [1.29, 1.82) is 0 Å². The third-order valence-corrected chi connectivity index (χ3v) is 5.60. The third kappa shape index (κ3) is 4.47. The number of carbonyl (C=O) groups excluding carboxylic acids is 1. The summed E-state index contributed by atoms with van der Waals surface area (Å²) in [5.74, 6) is -0.212. The molecule has 0 bridgehead atoms. The first-order chi connectivity index (χ1) is 9.91. The van der Waals surface area contributed by atoms with Gasteiger partial charge in [0.2, 0.25) is 5.91 Å². The van der Waals surface area contributed by atoms with E-state index in [0.717, 1.165) is 30.2 Å². The molecular weight excluding hydrogens is 348 g/mol. The quantitative estimate of drug-likeness (QED) is 0.830. The molecule has 0 heterocycles. The Labute approximate surface area is 139 Å². The molecule has 3 nitrogen and oxygen atoms in total. The largest absolute Gasteiger partial charge is 0.368 e. The molecule has 0 spiro atoms. The van der Waals surface area contributed by atoms with Gasteiger partial charge in [-0.25, -0.2) is 0 Å². The molecule has 1 amide bonds. The van der Waals surface area contributed by atoms with E-state index in [1.165, 1.54) is 4.90 Å². The van der Waals surface area contributed by atoms with Crippen LogP contribution < -0.4 is 11.1 Å². The molecule has 1 aromatic rings. The van der Waals surface area contributed by atoms with Gasteiger partial charge in [-0.15, -0.1) is 11.8 Å². The van der Waals surface area contributed by atoms with Crippen LogP contribution in [0.3, 0.4) is 0 Å². The molecule has 1 saturated carbocycles. The van der Waals surface area contributed by atoms with Gasteiger partial charge in [0.15, 0.2) is 0 Å². The number of rotatable bonds is 5. The summed E-state index contributed by atoms with van der Waals surface area (Å²) in [6.45, 7) is 4.13. The first-order valence-corrected chi connectivity index (χ1v) is 9.08. The lowest BCUT2D eigenvalue weighted by molar-refractivity contribution is -0.126. The lowest BCUT2D eigenvalue weighted by Gasteiger charge is -2.40. The summed E-state index contributed by atoms with van der Waals surface area (Å²) in [6.07, 6.45) is 3.81. The highest BCUT2D eigenvalue weighted by molar-refractivity contribution is 9.10. The highest BCUT2D eigenvalue weighted by atomic mass is 79.9. The number of nitrogens with two attached hydrogens (primary N) is 1. The Kier molecular flexibility index (Phi) is 5.74. The molecule has 0 saturated heterocycles. The lowest BCUT2D eigenvalue weighted by Crippen LogP contribution is -2.60. The summed E-state index contributed by atoms with van der Waals surface area (Å²) < 4.78 is 1.09. The second kappa shape index (κ2) is 7.16. The number of primary amides is 1. The minimum atomic E-state index is -0.546. The van der Waals surface area contributed by atoms with Crippen LogP contribution in [0.2, 0.25) is 0 Å². The van der Waals surface area contributed by atoms with Crippen LogP contribution in [0.4, 0.5) is 0 Å². The van der Waals surface area contributed by atoms with Crippen molar-refractivity contribution in [3.8, 4) is 0 Å². The molecule has 2 rings (SSSR count). The van der Waals surface area contributed by atoms with E-state index in [1.807, 2.05) is 23.9 Å². The van der Waals surface area contributed by atoms with Gasteiger partial charge in [-0.05, 0) is 57.7 Å². The maximum atomic E-state index is 12.0. The fraction of sp³-hybridized carbons (Fsp3) is 0.562. The van der Waals surface area contributed by atoms with Crippen LogP contribution in [-0.2, 0) is 4.79 Å². The van der Waals surface area contributed by atoms with Crippen LogP contribution in [0.15, 0.2) is 33.6 Å². The summed E-state index contributed by atoms with van der Waals surface area (Å²) in [7, 11) is 0. The molecule has 1 aliphatic rings. The highest BCUT2D eigenvalue weighted by Gasteiger charge is 2.41. The monoisotopic (exact) mass is 370 g/mol. The number of hydrogen-bond donors (Lipinski definition) is 2. The summed E-state index contributed by atoms with van der Waals surface area (Å²) >= 11 is 5.35. The molecule has 0 aromatic heterocycles. The van der Waals surface area contributed by atoms with Crippen molar-refractivity contribution in [2.24, 2.45) is 5.73 Å². The van der Waals surface area contributed by atoms with E-state index < -0.39 is 5.54 Å². The van der Waals surface area contributed by atoms with Crippen molar-refractivity contribution in [1.82, 2.24) is 5.32 Å². The van der Waals surface area contributed by atoms with Gasteiger partial charge in [0.1, 0.15) is 0 Å². The van der Waals surface area contributed by atoms with Crippen molar-refractivity contribution in [2.75, 3.05) is 0 Å². The van der Waals surface area contributed by atoms with E-state index in [0.29, 0.717) is 5.25 Å². The summed E-state index contributed by atoms with van der Waals surface area (Å²) in [5.41, 5.74) is 5.17. The molecule has 3 N–H and O–H groups in total. The maximum absolute atomic E-state index is 12.0. The Morgan fingerprint density at radius 2 is 2.29 bits per heavy atom. The molecule has 0 radical (unpaired) electrons. The fourth-order valence-electron chi connectivity index (χ4n) is 3.04. The average Bonchev–Trinajstić information content (AvgIpc) is 2.38. The third-order valence-electron chi connectivity index (χ3n) is 3.84. The van der Waals surface area contributed by atoms with Crippen LogP contribution in [-0.4, -0.2) is 22.7 Å². The predicted octanol–water partition coefficient (Wildman–Crippen LogP) is 3.71. The summed E-state index contributed by atoms with van der Waals surface area (Å²) in [6, 6.07) is 8.57. The Hall–Kier alpha value is -0.520. The van der Waals surface area contributed by atoms with E-state index in [9.17, 15) is 4.79 Å². The van der Waals surface area contributed by atoms with E-state index in [-0.39, 0.29) is 11.9 Å². The number of amides is 1. The van der Waals surface area contributed by atoms with Gasteiger partial charge in [0, 0.05) is 20.7 Å². The first-order valence-electron chi connectivity index (χ1n) is 7.41. The zero-order valence-corrected chi connectivity index (χ0v) is 15.0. The summed E-state index contributed by atoms with van der Waals surface area (Å²) in [5, 5.41) is 3.85. The van der Waals surface area contributed by atoms with Crippen LogP contribution in [0.1, 0.15) is 39.5 Å². The minimum Gasteiger partial charge on any atom is -0.368 e. The standard InChI is InChI=1S/C16H23BrN2OS/c1-11(2)19-16(15(18)20)8-4-7-14(10-16)21-13-6-3-5-12(17)9-13/h3,5-6,9,11,14,19H,4,7-8,10H2,1-2H3,(H2,18,20). The molecular formula is C16H23BrN2OS. The fourth-order valence-corrected chi connectivity index (χ4v) is 4.98. The van der Waals surface area contributed by atoms with Crippen molar-refractivity contribution >= 4 is 33.6 Å². The number of nitrogens with one attached hydrogen (secondary N) is 1. The number of carbonyl (C=O) groups is 1.